The largest absolute Gasteiger partial charge is 0.481 e. The Morgan fingerprint density at radius 1 is 1.58 bits per heavy atom. The minimum Gasteiger partial charge on any atom is -0.481 e. The van der Waals surface area contributed by atoms with Crippen LogP contribution in [0.15, 0.2) is 23.6 Å². The number of carboxylic acids is 1. The van der Waals surface area contributed by atoms with Crippen LogP contribution in [0.3, 0.4) is 0 Å². The molecule has 0 fully saturated rings. The molecule has 1 unspecified atom stereocenters. The topological polar surface area (TPSA) is 68.0 Å². The van der Waals surface area contributed by atoms with Crippen LogP contribution in [0.4, 0.5) is 0 Å². The van der Waals surface area contributed by atoms with E-state index in [1.165, 1.54) is 11.8 Å². The number of hydrogen-bond acceptors (Lipinski definition) is 5. The third kappa shape index (κ3) is 3.42. The standard InChI is InChI=1S/C12H15N3O2S2/c1-8(18-2)6-15-10-3-4-13-5-9(10)14-12(15)19-7-11(16)17/h3-5,8H,6-7H2,1-2H3,(H,16,17). The smallest absolute Gasteiger partial charge is 0.313 e. The fourth-order valence-electron chi connectivity index (χ4n) is 1.70. The molecular weight excluding hydrogens is 282 g/mol. The number of carbonyl (C=O) groups is 1. The Labute approximate surface area is 119 Å². The van der Waals surface area contributed by atoms with Gasteiger partial charge in [0.25, 0.3) is 0 Å². The van der Waals surface area contributed by atoms with Gasteiger partial charge in [-0.3, -0.25) is 9.78 Å². The van der Waals surface area contributed by atoms with Crippen molar-refractivity contribution in [3.8, 4) is 0 Å². The van der Waals surface area contributed by atoms with Crippen LogP contribution in [0.5, 0.6) is 0 Å². The molecule has 0 amide bonds. The third-order valence-corrected chi connectivity index (χ3v) is 4.60. The SMILES string of the molecule is CSC(C)Cn1c(SCC(=O)O)nc2cnccc21. The molecule has 0 aromatic carbocycles. The van der Waals surface area contributed by atoms with E-state index in [-0.39, 0.29) is 5.75 Å². The van der Waals surface area contributed by atoms with Crippen LogP contribution in [0.2, 0.25) is 0 Å². The molecule has 0 radical (unpaired) electrons. The molecule has 102 valence electrons. The average molecular weight is 297 g/mol. The van der Waals surface area contributed by atoms with E-state index in [0.29, 0.717) is 5.25 Å². The molecule has 0 aliphatic rings. The minimum absolute atomic E-state index is 0.0183. The summed E-state index contributed by atoms with van der Waals surface area (Å²) in [7, 11) is 0. The van der Waals surface area contributed by atoms with Crippen LogP contribution < -0.4 is 0 Å². The molecule has 0 spiro atoms. The Morgan fingerprint density at radius 2 is 2.37 bits per heavy atom. The fraction of sp³-hybridized carbons (Fsp3) is 0.417. The quantitative estimate of drug-likeness (QED) is 0.826. The van der Waals surface area contributed by atoms with E-state index in [4.69, 9.17) is 5.11 Å². The zero-order valence-electron chi connectivity index (χ0n) is 10.7. The van der Waals surface area contributed by atoms with Gasteiger partial charge in [-0.25, -0.2) is 4.98 Å². The summed E-state index contributed by atoms with van der Waals surface area (Å²) < 4.78 is 2.08. The van der Waals surface area contributed by atoms with Gasteiger partial charge in [0, 0.05) is 18.0 Å². The average Bonchev–Trinajstić information content (AvgIpc) is 2.74. The molecule has 0 saturated heterocycles. The monoisotopic (exact) mass is 297 g/mol. The van der Waals surface area contributed by atoms with Gasteiger partial charge in [0.1, 0.15) is 5.52 Å². The second kappa shape index (κ2) is 6.29. The number of aromatic nitrogens is 3. The van der Waals surface area contributed by atoms with Crippen molar-refractivity contribution in [2.75, 3.05) is 12.0 Å². The first-order valence-electron chi connectivity index (χ1n) is 5.79. The van der Waals surface area contributed by atoms with Crippen LogP contribution in [-0.2, 0) is 11.3 Å². The zero-order valence-corrected chi connectivity index (χ0v) is 12.4. The van der Waals surface area contributed by atoms with E-state index in [2.05, 4.69) is 27.7 Å². The third-order valence-electron chi connectivity index (χ3n) is 2.68. The number of hydrogen-bond donors (Lipinski definition) is 1. The summed E-state index contributed by atoms with van der Waals surface area (Å²) >= 11 is 3.02. The summed E-state index contributed by atoms with van der Waals surface area (Å²) in [6.45, 7) is 2.95. The van der Waals surface area contributed by atoms with Crippen LogP contribution in [0, 0.1) is 0 Å². The van der Waals surface area contributed by atoms with Crippen LogP contribution in [0.1, 0.15) is 6.92 Å². The number of aliphatic carboxylic acids is 1. The van der Waals surface area contributed by atoms with Crippen LogP contribution >= 0.6 is 23.5 Å². The molecule has 0 aliphatic carbocycles. The zero-order chi connectivity index (χ0) is 13.8. The molecule has 2 heterocycles. The molecule has 2 aromatic heterocycles. The molecular formula is C12H15N3O2S2. The van der Waals surface area contributed by atoms with Crippen molar-refractivity contribution in [1.82, 2.24) is 14.5 Å². The number of fused-ring (bicyclic) bond motifs is 1. The van der Waals surface area contributed by atoms with Gasteiger partial charge in [-0.05, 0) is 12.3 Å². The van der Waals surface area contributed by atoms with Gasteiger partial charge in [-0.1, -0.05) is 18.7 Å². The summed E-state index contributed by atoms with van der Waals surface area (Å²) in [6.07, 6.45) is 5.51. The van der Waals surface area contributed by atoms with Crippen molar-refractivity contribution in [3.63, 3.8) is 0 Å². The highest BCUT2D eigenvalue weighted by molar-refractivity contribution is 7.99. The van der Waals surface area contributed by atoms with Gasteiger partial charge in [0.05, 0.1) is 17.5 Å². The first kappa shape index (κ1) is 14.2. The number of thioether (sulfide) groups is 2. The Morgan fingerprint density at radius 3 is 3.05 bits per heavy atom. The van der Waals surface area contributed by atoms with E-state index in [0.717, 1.165) is 22.7 Å². The van der Waals surface area contributed by atoms with Crippen molar-refractivity contribution in [3.05, 3.63) is 18.5 Å². The molecule has 19 heavy (non-hydrogen) atoms. The molecule has 2 rings (SSSR count). The molecule has 0 saturated carbocycles. The molecule has 0 bridgehead atoms. The maximum atomic E-state index is 10.7. The number of rotatable bonds is 6. The van der Waals surface area contributed by atoms with Crippen molar-refractivity contribution in [1.29, 1.82) is 0 Å². The van der Waals surface area contributed by atoms with Gasteiger partial charge in [0.15, 0.2) is 5.16 Å². The lowest BCUT2D eigenvalue weighted by molar-refractivity contribution is -0.133. The van der Waals surface area contributed by atoms with Gasteiger partial charge in [-0.2, -0.15) is 11.8 Å². The summed E-state index contributed by atoms with van der Waals surface area (Å²) in [6, 6.07) is 1.92. The number of pyridine rings is 1. The highest BCUT2D eigenvalue weighted by Gasteiger charge is 2.14. The van der Waals surface area contributed by atoms with Gasteiger partial charge >= 0.3 is 5.97 Å². The lowest BCUT2D eigenvalue weighted by atomic mass is 10.4. The number of carboxylic acid groups (broad SMARTS) is 1. The Balaban J connectivity index is 2.36. The van der Waals surface area contributed by atoms with E-state index >= 15 is 0 Å². The first-order valence-corrected chi connectivity index (χ1v) is 8.06. The normalized spacial score (nSPS) is 12.7. The second-order valence-corrected chi connectivity index (χ2v) is 6.32. The Bertz CT molecular complexity index is 585. The predicted octanol–water partition coefficient (Wildman–Crippen LogP) is 2.36. The molecule has 1 atom stereocenters. The van der Waals surface area contributed by atoms with E-state index in [1.807, 2.05) is 6.07 Å². The van der Waals surface area contributed by atoms with Crippen LogP contribution in [0.25, 0.3) is 11.0 Å². The maximum Gasteiger partial charge on any atom is 0.313 e. The van der Waals surface area contributed by atoms with E-state index < -0.39 is 5.97 Å². The summed E-state index contributed by atoms with van der Waals surface area (Å²) in [5.41, 5.74) is 1.81. The van der Waals surface area contributed by atoms with Crippen molar-refractivity contribution < 1.29 is 9.90 Å². The van der Waals surface area contributed by atoms with Crippen molar-refractivity contribution in [2.24, 2.45) is 0 Å². The van der Waals surface area contributed by atoms with Crippen LogP contribution in [-0.4, -0.2) is 42.9 Å². The Kier molecular flexibility index (Phi) is 4.71. The van der Waals surface area contributed by atoms with Crippen molar-refractivity contribution >= 4 is 40.5 Å². The summed E-state index contributed by atoms with van der Waals surface area (Å²) in [5, 5.41) is 9.98. The summed E-state index contributed by atoms with van der Waals surface area (Å²) in [4.78, 5) is 19.2. The van der Waals surface area contributed by atoms with E-state index in [9.17, 15) is 4.79 Å². The lowest BCUT2D eigenvalue weighted by Gasteiger charge is -2.12. The van der Waals surface area contributed by atoms with Crippen molar-refractivity contribution in [2.45, 2.75) is 23.9 Å². The molecule has 1 N–H and O–H groups in total. The summed E-state index contributed by atoms with van der Waals surface area (Å²) in [5.74, 6) is -0.815. The van der Waals surface area contributed by atoms with Gasteiger partial charge in [-0.15, -0.1) is 0 Å². The second-order valence-electron chi connectivity index (χ2n) is 4.10. The first-order chi connectivity index (χ1) is 9.11. The maximum absolute atomic E-state index is 10.7. The minimum atomic E-state index is -0.834. The predicted molar refractivity (Wildman–Crippen MR) is 78.9 cm³/mol. The Hall–Kier alpha value is -1.21. The highest BCUT2D eigenvalue weighted by Crippen LogP contribution is 2.25. The lowest BCUT2D eigenvalue weighted by Crippen LogP contribution is -2.10. The number of nitrogens with zero attached hydrogens (tertiary/aromatic N) is 3. The van der Waals surface area contributed by atoms with Gasteiger partial charge < -0.3 is 9.67 Å². The highest BCUT2D eigenvalue weighted by atomic mass is 32.2. The fourth-order valence-corrected chi connectivity index (χ4v) is 2.75. The molecule has 0 aliphatic heterocycles. The molecule has 2 aromatic rings. The molecule has 7 heteroatoms. The van der Waals surface area contributed by atoms with E-state index in [1.54, 1.807) is 24.2 Å². The van der Waals surface area contributed by atoms with Gasteiger partial charge in [0.2, 0.25) is 0 Å². The number of imidazole rings is 1. The molecule has 5 nitrogen and oxygen atoms in total.